The maximum Gasteiger partial charge on any atom is 0.295 e. The normalized spacial score (nSPS) is 17.8. The van der Waals surface area contributed by atoms with Crippen LogP contribution in [0.5, 0.6) is 11.5 Å². The fourth-order valence-electron chi connectivity index (χ4n) is 4.03. The highest BCUT2D eigenvalue weighted by Crippen LogP contribution is 2.43. The van der Waals surface area contributed by atoms with Gasteiger partial charge in [0.2, 0.25) is 0 Å². The molecule has 1 saturated heterocycles. The third-order valence-electron chi connectivity index (χ3n) is 5.87. The first-order valence-electron chi connectivity index (χ1n) is 10.7. The minimum atomic E-state index is -0.796. The van der Waals surface area contributed by atoms with E-state index in [1.54, 1.807) is 49.6 Å². The fraction of sp³-hybridized carbons (Fsp3) is 0.360. The van der Waals surface area contributed by atoms with Crippen LogP contribution in [0.3, 0.4) is 0 Å². The maximum atomic E-state index is 13.2. The van der Waals surface area contributed by atoms with E-state index in [1.165, 1.54) is 12.0 Å². The fourth-order valence-corrected chi connectivity index (χ4v) is 4.03. The second-order valence-corrected chi connectivity index (χ2v) is 7.49. The van der Waals surface area contributed by atoms with Crippen LogP contribution in [0.4, 0.5) is 0 Å². The summed E-state index contributed by atoms with van der Waals surface area (Å²) in [5.74, 6) is -0.478. The maximum absolute atomic E-state index is 13.2. The van der Waals surface area contributed by atoms with E-state index in [2.05, 4.69) is 18.7 Å². The van der Waals surface area contributed by atoms with Gasteiger partial charge in [-0.3, -0.25) is 9.59 Å². The van der Waals surface area contributed by atoms with E-state index < -0.39 is 17.7 Å². The van der Waals surface area contributed by atoms with Gasteiger partial charge in [0.15, 0.2) is 0 Å². The summed E-state index contributed by atoms with van der Waals surface area (Å²) in [6.07, 6.45) is 0. The minimum Gasteiger partial charge on any atom is -0.507 e. The zero-order chi connectivity index (χ0) is 23.3. The molecular weight excluding hydrogens is 408 g/mol. The van der Waals surface area contributed by atoms with Gasteiger partial charge in [-0.1, -0.05) is 44.2 Å². The zero-order valence-electron chi connectivity index (χ0n) is 19.0. The van der Waals surface area contributed by atoms with Gasteiger partial charge >= 0.3 is 0 Å². The first-order chi connectivity index (χ1) is 15.5. The van der Waals surface area contributed by atoms with E-state index in [1.807, 2.05) is 6.07 Å². The Balaban J connectivity index is 2.18. The Morgan fingerprint density at radius 1 is 1.03 bits per heavy atom. The smallest absolute Gasteiger partial charge is 0.295 e. The van der Waals surface area contributed by atoms with Crippen molar-refractivity contribution in [2.75, 3.05) is 40.4 Å². The molecule has 0 aromatic heterocycles. The molecule has 2 aromatic carbocycles. The van der Waals surface area contributed by atoms with Gasteiger partial charge in [0.1, 0.15) is 17.3 Å². The van der Waals surface area contributed by atoms with Gasteiger partial charge < -0.3 is 24.4 Å². The summed E-state index contributed by atoms with van der Waals surface area (Å²) in [4.78, 5) is 30.0. The number of rotatable bonds is 9. The predicted molar refractivity (Wildman–Crippen MR) is 123 cm³/mol. The van der Waals surface area contributed by atoms with Crippen molar-refractivity contribution in [1.82, 2.24) is 9.80 Å². The number of hydrogen-bond acceptors (Lipinski definition) is 6. The molecule has 1 atom stereocenters. The van der Waals surface area contributed by atoms with Gasteiger partial charge in [0.05, 0.1) is 25.8 Å². The summed E-state index contributed by atoms with van der Waals surface area (Å²) < 4.78 is 10.9. The van der Waals surface area contributed by atoms with Crippen LogP contribution in [0.1, 0.15) is 31.0 Å². The molecular formula is C25H30N2O5. The number of hydrogen-bond donors (Lipinski definition) is 1. The molecule has 3 rings (SSSR count). The number of carbonyl (C=O) groups excluding carboxylic acids is 2. The molecule has 1 fully saturated rings. The van der Waals surface area contributed by atoms with Gasteiger partial charge in [-0.15, -0.1) is 0 Å². The number of benzene rings is 2. The third-order valence-corrected chi connectivity index (χ3v) is 5.87. The van der Waals surface area contributed by atoms with E-state index in [0.29, 0.717) is 35.7 Å². The monoisotopic (exact) mass is 438 g/mol. The van der Waals surface area contributed by atoms with Crippen LogP contribution in [0, 0.1) is 0 Å². The van der Waals surface area contributed by atoms with Crippen LogP contribution in [0.2, 0.25) is 0 Å². The Morgan fingerprint density at radius 2 is 1.72 bits per heavy atom. The molecule has 0 aliphatic carbocycles. The highest BCUT2D eigenvalue weighted by molar-refractivity contribution is 6.46. The number of ether oxygens (including phenoxy) is 2. The van der Waals surface area contributed by atoms with Gasteiger partial charge in [-0.05, 0) is 31.3 Å². The molecule has 1 aliphatic heterocycles. The second kappa shape index (κ2) is 10.3. The Bertz CT molecular complexity index is 999. The number of amides is 1. The molecule has 32 heavy (non-hydrogen) atoms. The molecule has 1 aliphatic rings. The zero-order valence-corrected chi connectivity index (χ0v) is 19.0. The summed E-state index contributed by atoms with van der Waals surface area (Å²) in [6, 6.07) is 13.2. The summed E-state index contributed by atoms with van der Waals surface area (Å²) in [5, 5.41) is 11.1. The van der Waals surface area contributed by atoms with Crippen molar-refractivity contribution >= 4 is 17.4 Å². The molecule has 0 radical (unpaired) electrons. The van der Waals surface area contributed by atoms with Crippen LogP contribution in [-0.2, 0) is 9.59 Å². The van der Waals surface area contributed by atoms with Crippen LogP contribution in [-0.4, -0.2) is 67.0 Å². The second-order valence-electron chi connectivity index (χ2n) is 7.49. The molecule has 1 heterocycles. The van der Waals surface area contributed by atoms with Crippen LogP contribution in [0.15, 0.2) is 54.1 Å². The minimum absolute atomic E-state index is 0.0484. The van der Waals surface area contributed by atoms with E-state index in [-0.39, 0.29) is 11.3 Å². The highest BCUT2D eigenvalue weighted by Gasteiger charge is 2.47. The summed E-state index contributed by atoms with van der Waals surface area (Å²) in [5.41, 5.74) is 1.11. The highest BCUT2D eigenvalue weighted by atomic mass is 16.5. The third kappa shape index (κ3) is 4.48. The molecule has 2 aromatic rings. The van der Waals surface area contributed by atoms with Crippen molar-refractivity contribution in [2.24, 2.45) is 0 Å². The van der Waals surface area contributed by atoms with Crippen LogP contribution >= 0.6 is 0 Å². The number of likely N-dealkylation sites (N-methyl/N-ethyl adjacent to an activating group) is 1. The number of nitrogens with zero attached hydrogens (tertiary/aromatic N) is 2. The molecule has 7 heteroatoms. The van der Waals surface area contributed by atoms with Crippen molar-refractivity contribution in [3.8, 4) is 11.5 Å². The van der Waals surface area contributed by atoms with Crippen molar-refractivity contribution < 1.29 is 24.2 Å². The molecule has 170 valence electrons. The Hall–Kier alpha value is -3.32. The summed E-state index contributed by atoms with van der Waals surface area (Å²) >= 11 is 0. The van der Waals surface area contributed by atoms with E-state index >= 15 is 0 Å². The largest absolute Gasteiger partial charge is 0.507 e. The number of carbonyl (C=O) groups is 2. The molecule has 0 bridgehead atoms. The van der Waals surface area contributed by atoms with Crippen LogP contribution < -0.4 is 9.47 Å². The van der Waals surface area contributed by atoms with E-state index in [4.69, 9.17) is 9.47 Å². The molecule has 0 saturated carbocycles. The van der Waals surface area contributed by atoms with E-state index in [0.717, 1.165) is 13.1 Å². The Labute approximate surface area is 188 Å². The van der Waals surface area contributed by atoms with Crippen molar-refractivity contribution in [3.63, 3.8) is 0 Å². The number of aliphatic hydroxyl groups excluding tert-OH is 1. The predicted octanol–water partition coefficient (Wildman–Crippen LogP) is 3.47. The SMILES string of the molecule is CCN(CC)CCN1C(=O)C(=O)/C(=C(/O)c2ccccc2)C1c1cc(OC)ccc1OC. The standard InChI is InChI=1S/C25H30N2O5/c1-5-26(6-2)14-15-27-22(19-16-18(31-3)12-13-20(19)32-4)21(24(29)25(27)30)23(28)17-10-8-7-9-11-17/h7-13,16,22,28H,5-6,14-15H2,1-4H3/b23-21+. The Kier molecular flexibility index (Phi) is 7.53. The van der Waals surface area contributed by atoms with Gasteiger partial charge in [-0.2, -0.15) is 0 Å². The lowest BCUT2D eigenvalue weighted by molar-refractivity contribution is -0.140. The van der Waals surface area contributed by atoms with Crippen molar-refractivity contribution in [2.45, 2.75) is 19.9 Å². The first-order valence-corrected chi connectivity index (χ1v) is 10.7. The molecule has 1 unspecified atom stereocenters. The van der Waals surface area contributed by atoms with Crippen molar-refractivity contribution in [1.29, 1.82) is 0 Å². The summed E-state index contributed by atoms with van der Waals surface area (Å²) in [7, 11) is 3.08. The summed E-state index contributed by atoms with van der Waals surface area (Å²) in [6.45, 7) is 6.71. The quantitative estimate of drug-likeness (QED) is 0.367. The van der Waals surface area contributed by atoms with Gasteiger partial charge in [0, 0.05) is 24.2 Å². The number of Topliss-reactive ketones (excluding diaryl/α,β-unsaturated/α-hetero) is 1. The topological polar surface area (TPSA) is 79.3 Å². The molecule has 1 N–H and O–H groups in total. The molecule has 1 amide bonds. The van der Waals surface area contributed by atoms with Gasteiger partial charge in [-0.25, -0.2) is 0 Å². The van der Waals surface area contributed by atoms with Crippen LogP contribution in [0.25, 0.3) is 5.76 Å². The number of ketones is 1. The Morgan fingerprint density at radius 3 is 2.31 bits per heavy atom. The lowest BCUT2D eigenvalue weighted by Gasteiger charge is -2.29. The molecule has 7 nitrogen and oxygen atoms in total. The first kappa shape index (κ1) is 23.3. The van der Waals surface area contributed by atoms with Crippen molar-refractivity contribution in [3.05, 3.63) is 65.2 Å². The number of methoxy groups -OCH3 is 2. The lowest BCUT2D eigenvalue weighted by atomic mass is 9.94. The number of likely N-dealkylation sites (tertiary alicyclic amines) is 1. The number of aliphatic hydroxyl groups is 1. The average molecular weight is 439 g/mol. The van der Waals surface area contributed by atoms with E-state index in [9.17, 15) is 14.7 Å². The lowest BCUT2D eigenvalue weighted by Crippen LogP contribution is -2.38. The van der Waals surface area contributed by atoms with Gasteiger partial charge in [0.25, 0.3) is 11.7 Å². The average Bonchev–Trinajstić information content (AvgIpc) is 3.09. The molecule has 0 spiro atoms.